The Morgan fingerprint density at radius 3 is 0.753 bits per heavy atom. The van der Waals surface area contributed by atoms with Crippen LogP contribution in [0.4, 0.5) is 0 Å². The van der Waals surface area contributed by atoms with E-state index in [1.807, 2.05) is 0 Å². The van der Waals surface area contributed by atoms with E-state index in [1.165, 1.54) is 276 Å². The van der Waals surface area contributed by atoms with Gasteiger partial charge in [0.25, 0.3) is 0 Å². The van der Waals surface area contributed by atoms with Crippen molar-refractivity contribution in [2.24, 2.45) is 0 Å². The summed E-state index contributed by atoms with van der Waals surface area (Å²) in [5.74, 6) is -0.845. The average Bonchev–Trinajstić information content (AvgIpc) is 3.43. The zero-order valence-electron chi connectivity index (χ0n) is 52.0. The van der Waals surface area contributed by atoms with Gasteiger partial charge in [-0.25, -0.2) is 0 Å². The summed E-state index contributed by atoms with van der Waals surface area (Å²) in [6.45, 7) is 6.68. The second kappa shape index (κ2) is 66.1. The molecule has 0 saturated heterocycles. The van der Waals surface area contributed by atoms with Gasteiger partial charge in [-0.3, -0.25) is 14.4 Å². The summed E-state index contributed by atoms with van der Waals surface area (Å²) in [7, 11) is 0. The Labute approximate surface area is 480 Å². The lowest BCUT2D eigenvalue weighted by Gasteiger charge is -2.18. The molecule has 0 bridgehead atoms. The van der Waals surface area contributed by atoms with Crippen LogP contribution in [0.1, 0.15) is 380 Å². The van der Waals surface area contributed by atoms with Crippen LogP contribution in [0.25, 0.3) is 0 Å². The molecular formula is C71H132O6. The van der Waals surface area contributed by atoms with E-state index in [1.54, 1.807) is 0 Å². The molecule has 0 N–H and O–H groups in total. The molecule has 0 aromatic rings. The van der Waals surface area contributed by atoms with E-state index in [-0.39, 0.29) is 31.1 Å². The minimum Gasteiger partial charge on any atom is -0.462 e. The molecule has 1 atom stereocenters. The Morgan fingerprint density at radius 1 is 0.260 bits per heavy atom. The molecular weight excluding hydrogens is 949 g/mol. The molecule has 0 aliphatic heterocycles. The molecule has 0 amide bonds. The van der Waals surface area contributed by atoms with E-state index in [4.69, 9.17) is 14.2 Å². The Kier molecular flexibility index (Phi) is 64.1. The van der Waals surface area contributed by atoms with E-state index in [2.05, 4.69) is 57.2 Å². The second-order valence-corrected chi connectivity index (χ2v) is 23.4. The molecule has 0 fully saturated rings. The predicted octanol–water partition coefficient (Wildman–Crippen LogP) is 23.6. The molecule has 0 saturated carbocycles. The summed E-state index contributed by atoms with van der Waals surface area (Å²) in [5, 5.41) is 0. The van der Waals surface area contributed by atoms with E-state index in [9.17, 15) is 14.4 Å². The summed E-state index contributed by atoms with van der Waals surface area (Å²) in [4.78, 5) is 38.4. The van der Waals surface area contributed by atoms with Gasteiger partial charge in [-0.1, -0.05) is 320 Å². The molecule has 0 aromatic heterocycles. The molecule has 0 aliphatic rings. The van der Waals surface area contributed by atoms with Crippen molar-refractivity contribution in [3.63, 3.8) is 0 Å². The lowest BCUT2D eigenvalue weighted by atomic mass is 10.0. The van der Waals surface area contributed by atoms with E-state index < -0.39 is 6.10 Å². The van der Waals surface area contributed by atoms with Gasteiger partial charge >= 0.3 is 17.9 Å². The minimum absolute atomic E-state index is 0.0689. The largest absolute Gasteiger partial charge is 0.462 e. The molecule has 0 aromatic carbocycles. The van der Waals surface area contributed by atoms with E-state index in [0.29, 0.717) is 19.3 Å². The smallest absolute Gasteiger partial charge is 0.306 e. The summed E-state index contributed by atoms with van der Waals surface area (Å²) in [6, 6.07) is 0. The van der Waals surface area contributed by atoms with Crippen molar-refractivity contribution >= 4 is 17.9 Å². The molecule has 0 heterocycles. The van der Waals surface area contributed by atoms with Gasteiger partial charge in [0.05, 0.1) is 0 Å². The van der Waals surface area contributed by atoms with Gasteiger partial charge in [0.1, 0.15) is 13.2 Å². The van der Waals surface area contributed by atoms with Crippen molar-refractivity contribution in [1.29, 1.82) is 0 Å². The monoisotopic (exact) mass is 1080 g/mol. The highest BCUT2D eigenvalue weighted by Gasteiger charge is 2.19. The van der Waals surface area contributed by atoms with Gasteiger partial charge in [-0.15, -0.1) is 0 Å². The normalized spacial score (nSPS) is 12.2. The molecule has 6 nitrogen and oxygen atoms in total. The molecule has 0 spiro atoms. The van der Waals surface area contributed by atoms with Gasteiger partial charge < -0.3 is 14.2 Å². The molecule has 452 valence electrons. The quantitative estimate of drug-likeness (QED) is 0.0261. The van der Waals surface area contributed by atoms with Crippen LogP contribution in [0, 0.1) is 0 Å². The van der Waals surface area contributed by atoms with Crippen molar-refractivity contribution in [3.05, 3.63) is 36.5 Å². The lowest BCUT2D eigenvalue weighted by Crippen LogP contribution is -2.30. The lowest BCUT2D eigenvalue weighted by molar-refractivity contribution is -0.167. The van der Waals surface area contributed by atoms with Crippen LogP contribution in [-0.2, 0) is 28.6 Å². The number of hydrogen-bond donors (Lipinski definition) is 0. The zero-order valence-corrected chi connectivity index (χ0v) is 52.0. The fraction of sp³-hybridized carbons (Fsp3) is 0.873. The van der Waals surface area contributed by atoms with Crippen LogP contribution in [0.3, 0.4) is 0 Å². The first-order valence-corrected chi connectivity index (χ1v) is 34.5. The SMILES string of the molecule is CCCCC/C=C\C/C=C\CCCCCCCCCCCC(=O)O[C@H](COC(=O)CCCCCCCCCCCCC/C=C\CCCCCCCC)COC(=O)CCCCCCCCCCCCCCCCCCCCC. The number of esters is 3. The molecule has 77 heavy (non-hydrogen) atoms. The van der Waals surface area contributed by atoms with Crippen LogP contribution in [-0.4, -0.2) is 37.2 Å². The summed E-state index contributed by atoms with van der Waals surface area (Å²) >= 11 is 0. The number of rotatable bonds is 64. The van der Waals surface area contributed by atoms with Crippen LogP contribution in [0.2, 0.25) is 0 Å². The highest BCUT2D eigenvalue weighted by molar-refractivity contribution is 5.71. The number of ether oxygens (including phenoxy) is 3. The Balaban J connectivity index is 4.32. The molecule has 0 aliphatic carbocycles. The zero-order chi connectivity index (χ0) is 55.7. The maximum atomic E-state index is 12.9. The van der Waals surface area contributed by atoms with Crippen LogP contribution >= 0.6 is 0 Å². The van der Waals surface area contributed by atoms with Crippen molar-refractivity contribution < 1.29 is 28.6 Å². The maximum Gasteiger partial charge on any atom is 0.306 e. The van der Waals surface area contributed by atoms with Crippen LogP contribution < -0.4 is 0 Å². The Bertz CT molecular complexity index is 1290. The molecule has 0 rings (SSSR count). The first-order valence-electron chi connectivity index (χ1n) is 34.5. The third kappa shape index (κ3) is 64.3. The van der Waals surface area contributed by atoms with Gasteiger partial charge in [0, 0.05) is 19.3 Å². The first-order chi connectivity index (χ1) is 38.0. The fourth-order valence-electron chi connectivity index (χ4n) is 10.4. The molecule has 0 unspecified atom stereocenters. The highest BCUT2D eigenvalue weighted by atomic mass is 16.6. The molecule has 6 heteroatoms. The Morgan fingerprint density at radius 2 is 0.468 bits per heavy atom. The predicted molar refractivity (Wildman–Crippen MR) is 335 cm³/mol. The van der Waals surface area contributed by atoms with Gasteiger partial charge in [0.2, 0.25) is 0 Å². The van der Waals surface area contributed by atoms with E-state index >= 15 is 0 Å². The maximum absolute atomic E-state index is 12.9. The first kappa shape index (κ1) is 74.6. The summed E-state index contributed by atoms with van der Waals surface area (Å²) in [5.41, 5.74) is 0. The standard InChI is InChI=1S/C71H132O6/c1-4-7-10-13-16-19-22-25-28-31-34-35-38-40-43-46-49-52-55-58-61-64-70(73)76-67-68(77-71(74)65-62-59-56-53-50-47-44-41-37-33-30-27-24-21-18-15-12-9-6-3)66-75-69(72)63-60-57-54-51-48-45-42-39-36-32-29-26-23-20-17-14-11-8-5-2/h18,21,25,27-28,30,68H,4-17,19-20,22-24,26,29,31-67H2,1-3H3/b21-18-,28-25-,30-27-/t68-/m0/s1. The topological polar surface area (TPSA) is 78.9 Å². The highest BCUT2D eigenvalue weighted by Crippen LogP contribution is 2.18. The average molecular weight is 1080 g/mol. The summed E-state index contributed by atoms with van der Waals surface area (Å²) in [6.07, 6.45) is 81.5. The van der Waals surface area contributed by atoms with Gasteiger partial charge in [-0.2, -0.15) is 0 Å². The number of allylic oxidation sites excluding steroid dienone is 6. The minimum atomic E-state index is -0.773. The molecule has 0 radical (unpaired) electrons. The number of unbranched alkanes of at least 4 members (excludes halogenated alkanes) is 47. The van der Waals surface area contributed by atoms with Crippen molar-refractivity contribution in [1.82, 2.24) is 0 Å². The summed E-state index contributed by atoms with van der Waals surface area (Å²) < 4.78 is 17.0. The number of hydrogen-bond acceptors (Lipinski definition) is 6. The van der Waals surface area contributed by atoms with Crippen molar-refractivity contribution in [2.45, 2.75) is 386 Å². The van der Waals surface area contributed by atoms with Crippen molar-refractivity contribution in [2.75, 3.05) is 13.2 Å². The van der Waals surface area contributed by atoms with Crippen LogP contribution in [0.5, 0.6) is 0 Å². The van der Waals surface area contributed by atoms with Crippen LogP contribution in [0.15, 0.2) is 36.5 Å². The van der Waals surface area contributed by atoms with Gasteiger partial charge in [-0.05, 0) is 77.0 Å². The fourth-order valence-corrected chi connectivity index (χ4v) is 10.4. The third-order valence-electron chi connectivity index (χ3n) is 15.6. The van der Waals surface area contributed by atoms with Gasteiger partial charge in [0.15, 0.2) is 6.10 Å². The van der Waals surface area contributed by atoms with E-state index in [0.717, 1.165) is 64.2 Å². The second-order valence-electron chi connectivity index (χ2n) is 23.4. The number of carbonyl (C=O) groups excluding carboxylic acids is 3. The third-order valence-corrected chi connectivity index (χ3v) is 15.6. The number of carbonyl (C=O) groups is 3. The van der Waals surface area contributed by atoms with Crippen molar-refractivity contribution in [3.8, 4) is 0 Å². The Hall–Kier alpha value is -2.37.